The standard InChI is InChI=1S/C29H31FO4/c1-5-29(4,28(31)32-6-2)34-27-17-15-26(16-18-27)33-20-19-21(3)22-7-9-23(10-8-22)24-11-13-25(30)14-12-24/h7-19H,5-6,20H2,1-4H3/t29-/m1/s1. The van der Waals surface area contributed by atoms with E-state index in [-0.39, 0.29) is 11.8 Å². The van der Waals surface area contributed by atoms with Crippen LogP contribution in [0.5, 0.6) is 11.5 Å². The zero-order chi connectivity index (χ0) is 24.6. The van der Waals surface area contributed by atoms with Crippen LogP contribution in [0, 0.1) is 5.82 Å². The maximum absolute atomic E-state index is 13.1. The number of carbonyl (C=O) groups is 1. The molecule has 0 spiro atoms. The third-order valence-electron chi connectivity index (χ3n) is 5.71. The van der Waals surface area contributed by atoms with E-state index < -0.39 is 5.60 Å². The molecule has 3 aromatic carbocycles. The molecule has 0 bridgehead atoms. The van der Waals surface area contributed by atoms with Crippen LogP contribution in [0.1, 0.15) is 39.7 Å². The summed E-state index contributed by atoms with van der Waals surface area (Å²) in [6, 6.07) is 21.8. The van der Waals surface area contributed by atoms with Gasteiger partial charge in [-0.25, -0.2) is 9.18 Å². The summed E-state index contributed by atoms with van der Waals surface area (Å²) in [5.41, 5.74) is 3.18. The van der Waals surface area contributed by atoms with Crippen molar-refractivity contribution in [3.05, 3.63) is 90.3 Å². The van der Waals surface area contributed by atoms with Crippen LogP contribution >= 0.6 is 0 Å². The number of benzene rings is 3. The van der Waals surface area contributed by atoms with Gasteiger partial charge in [-0.3, -0.25) is 0 Å². The van der Waals surface area contributed by atoms with Gasteiger partial charge in [0.15, 0.2) is 0 Å². The molecule has 1 atom stereocenters. The highest BCUT2D eigenvalue weighted by Crippen LogP contribution is 2.26. The molecule has 0 aliphatic carbocycles. The Morgan fingerprint density at radius 2 is 1.44 bits per heavy atom. The molecule has 0 unspecified atom stereocenters. The molecule has 0 radical (unpaired) electrons. The van der Waals surface area contributed by atoms with Gasteiger partial charge >= 0.3 is 5.97 Å². The molecule has 178 valence electrons. The van der Waals surface area contributed by atoms with E-state index in [1.54, 1.807) is 38.1 Å². The van der Waals surface area contributed by atoms with E-state index in [2.05, 4.69) is 0 Å². The van der Waals surface area contributed by atoms with Gasteiger partial charge in [-0.15, -0.1) is 0 Å². The number of halogens is 1. The van der Waals surface area contributed by atoms with Crippen molar-refractivity contribution in [2.75, 3.05) is 13.2 Å². The third kappa shape index (κ3) is 6.47. The molecule has 0 fully saturated rings. The van der Waals surface area contributed by atoms with Gasteiger partial charge in [0.25, 0.3) is 0 Å². The van der Waals surface area contributed by atoms with Crippen LogP contribution in [0.25, 0.3) is 16.7 Å². The van der Waals surface area contributed by atoms with Gasteiger partial charge in [-0.1, -0.05) is 43.3 Å². The Labute approximate surface area is 201 Å². The summed E-state index contributed by atoms with van der Waals surface area (Å²) in [5.74, 6) is 0.677. The highest BCUT2D eigenvalue weighted by atomic mass is 19.1. The highest BCUT2D eigenvalue weighted by Gasteiger charge is 2.35. The van der Waals surface area contributed by atoms with Gasteiger partial charge in [0.2, 0.25) is 5.60 Å². The molecule has 3 aromatic rings. The summed E-state index contributed by atoms with van der Waals surface area (Å²) in [6.45, 7) is 8.17. The Hall–Kier alpha value is -3.60. The maximum atomic E-state index is 13.1. The Bertz CT molecular complexity index is 1100. The minimum atomic E-state index is -1.02. The van der Waals surface area contributed by atoms with Crippen LogP contribution < -0.4 is 9.47 Å². The summed E-state index contributed by atoms with van der Waals surface area (Å²) in [5, 5.41) is 0. The lowest BCUT2D eigenvalue weighted by Crippen LogP contribution is -2.42. The fourth-order valence-corrected chi connectivity index (χ4v) is 3.35. The number of hydrogen-bond donors (Lipinski definition) is 0. The maximum Gasteiger partial charge on any atom is 0.350 e. The minimum absolute atomic E-state index is 0.238. The molecule has 5 heteroatoms. The molecule has 0 amide bonds. The van der Waals surface area contributed by atoms with E-state index in [1.165, 1.54) is 12.1 Å². The lowest BCUT2D eigenvalue weighted by atomic mass is 10.0. The highest BCUT2D eigenvalue weighted by molar-refractivity contribution is 5.79. The Morgan fingerprint density at radius 1 is 0.882 bits per heavy atom. The second-order valence-corrected chi connectivity index (χ2v) is 8.16. The van der Waals surface area contributed by atoms with Crippen LogP contribution in [0.15, 0.2) is 78.9 Å². The second kappa shape index (κ2) is 11.5. The number of ether oxygens (including phenoxy) is 3. The SMILES string of the molecule is CCOC(=O)[C@@](C)(CC)Oc1ccc(OCC=C(C)c2ccc(-c3ccc(F)cc3)cc2)cc1. The van der Waals surface area contributed by atoms with Crippen molar-refractivity contribution in [2.45, 2.75) is 39.7 Å². The molecule has 3 rings (SSSR count). The van der Waals surface area contributed by atoms with Crippen molar-refractivity contribution in [3.63, 3.8) is 0 Å². The molecular weight excluding hydrogens is 431 g/mol. The fourth-order valence-electron chi connectivity index (χ4n) is 3.35. The number of rotatable bonds is 10. The largest absolute Gasteiger partial charge is 0.490 e. The topological polar surface area (TPSA) is 44.8 Å². The van der Waals surface area contributed by atoms with Crippen molar-refractivity contribution >= 4 is 11.5 Å². The van der Waals surface area contributed by atoms with E-state index in [9.17, 15) is 9.18 Å². The average molecular weight is 463 g/mol. The normalized spacial score (nSPS) is 13.1. The van der Waals surface area contributed by atoms with Crippen LogP contribution in [-0.4, -0.2) is 24.8 Å². The van der Waals surface area contributed by atoms with E-state index in [1.807, 2.05) is 56.3 Å². The lowest BCUT2D eigenvalue weighted by Gasteiger charge is -2.27. The van der Waals surface area contributed by atoms with E-state index in [0.29, 0.717) is 31.1 Å². The monoisotopic (exact) mass is 462 g/mol. The second-order valence-electron chi connectivity index (χ2n) is 8.16. The predicted molar refractivity (Wildman–Crippen MR) is 133 cm³/mol. The Morgan fingerprint density at radius 3 is 2.00 bits per heavy atom. The molecule has 4 nitrogen and oxygen atoms in total. The first-order valence-electron chi connectivity index (χ1n) is 11.5. The van der Waals surface area contributed by atoms with Crippen molar-refractivity contribution in [2.24, 2.45) is 0 Å². The summed E-state index contributed by atoms with van der Waals surface area (Å²) in [6.07, 6.45) is 2.52. The Kier molecular flexibility index (Phi) is 8.47. The minimum Gasteiger partial charge on any atom is -0.490 e. The quantitative estimate of drug-likeness (QED) is 0.302. The van der Waals surface area contributed by atoms with E-state index in [0.717, 1.165) is 22.3 Å². The molecule has 0 N–H and O–H groups in total. The fraction of sp³-hybridized carbons (Fsp3) is 0.276. The van der Waals surface area contributed by atoms with Crippen molar-refractivity contribution in [3.8, 4) is 22.6 Å². The van der Waals surface area contributed by atoms with Gasteiger partial charge in [-0.2, -0.15) is 0 Å². The molecule has 34 heavy (non-hydrogen) atoms. The van der Waals surface area contributed by atoms with Gasteiger partial charge in [0.1, 0.15) is 23.9 Å². The van der Waals surface area contributed by atoms with Crippen LogP contribution in [0.3, 0.4) is 0 Å². The van der Waals surface area contributed by atoms with Crippen LogP contribution in [0.2, 0.25) is 0 Å². The summed E-state index contributed by atoms with van der Waals surface area (Å²) >= 11 is 0. The van der Waals surface area contributed by atoms with Crippen molar-refractivity contribution in [1.29, 1.82) is 0 Å². The molecule has 0 heterocycles. The van der Waals surface area contributed by atoms with Crippen LogP contribution in [0.4, 0.5) is 4.39 Å². The zero-order valence-electron chi connectivity index (χ0n) is 20.1. The lowest BCUT2D eigenvalue weighted by molar-refractivity contribution is -0.160. The summed E-state index contributed by atoms with van der Waals surface area (Å²) in [7, 11) is 0. The number of esters is 1. The first-order chi connectivity index (χ1) is 16.3. The predicted octanol–water partition coefficient (Wildman–Crippen LogP) is 7.09. The molecular formula is C29H31FO4. The number of allylic oxidation sites excluding steroid dienone is 1. The first-order valence-corrected chi connectivity index (χ1v) is 11.5. The average Bonchev–Trinajstić information content (AvgIpc) is 2.85. The van der Waals surface area contributed by atoms with Gasteiger partial charge in [0, 0.05) is 0 Å². The smallest absolute Gasteiger partial charge is 0.350 e. The van der Waals surface area contributed by atoms with Gasteiger partial charge in [0.05, 0.1) is 6.61 Å². The number of carbonyl (C=O) groups excluding carboxylic acids is 1. The molecule has 0 saturated heterocycles. The van der Waals surface area contributed by atoms with Gasteiger partial charge in [-0.05, 0) is 91.9 Å². The molecule has 0 aliphatic rings. The first kappa shape index (κ1) is 25.0. The summed E-state index contributed by atoms with van der Waals surface area (Å²) in [4.78, 5) is 12.2. The van der Waals surface area contributed by atoms with E-state index in [4.69, 9.17) is 14.2 Å². The zero-order valence-corrected chi connectivity index (χ0v) is 20.1. The number of hydrogen-bond acceptors (Lipinski definition) is 4. The third-order valence-corrected chi connectivity index (χ3v) is 5.71. The van der Waals surface area contributed by atoms with Crippen LogP contribution in [-0.2, 0) is 9.53 Å². The van der Waals surface area contributed by atoms with Crippen molar-refractivity contribution < 1.29 is 23.4 Å². The Balaban J connectivity index is 1.56. The van der Waals surface area contributed by atoms with Gasteiger partial charge < -0.3 is 14.2 Å². The van der Waals surface area contributed by atoms with E-state index >= 15 is 0 Å². The molecule has 0 saturated carbocycles. The van der Waals surface area contributed by atoms with Crippen molar-refractivity contribution in [1.82, 2.24) is 0 Å². The molecule has 0 aromatic heterocycles. The molecule has 0 aliphatic heterocycles. The summed E-state index contributed by atoms with van der Waals surface area (Å²) < 4.78 is 30.0.